The summed E-state index contributed by atoms with van der Waals surface area (Å²) in [5.74, 6) is 1.70. The van der Waals surface area contributed by atoms with Crippen molar-refractivity contribution in [1.29, 1.82) is 0 Å². The van der Waals surface area contributed by atoms with Gasteiger partial charge in [-0.25, -0.2) is 4.98 Å². The Hall–Kier alpha value is -2.37. The second kappa shape index (κ2) is 12.7. The molecule has 6 rings (SSSR count). The Bertz CT molecular complexity index is 1460. The van der Waals surface area contributed by atoms with Crippen LogP contribution in [0.4, 0.5) is 0 Å². The fraction of sp³-hybridized carbons (Fsp3) is 0.571. The number of nitrogens with one attached hydrogen (secondary N) is 1. The fourth-order valence-electron chi connectivity index (χ4n) is 7.66. The van der Waals surface area contributed by atoms with Crippen LogP contribution in [0.15, 0.2) is 30.3 Å². The minimum Gasteiger partial charge on any atom is -0.352 e. The summed E-state index contributed by atoms with van der Waals surface area (Å²) in [5.41, 5.74) is 4.19. The number of halogens is 2. The molecule has 1 aromatic heterocycles. The maximum absolute atomic E-state index is 13.3. The number of benzene rings is 2. The Morgan fingerprint density at radius 2 is 1.64 bits per heavy atom. The highest BCUT2D eigenvalue weighted by atomic mass is 35.5. The minimum absolute atomic E-state index is 0.130. The molecule has 3 aliphatic rings. The Kier molecular flexibility index (Phi) is 8.98. The van der Waals surface area contributed by atoms with Crippen LogP contribution in [0.25, 0.3) is 11.0 Å². The van der Waals surface area contributed by atoms with Gasteiger partial charge in [-0.3, -0.25) is 9.59 Å². The van der Waals surface area contributed by atoms with Gasteiger partial charge in [0.05, 0.1) is 16.1 Å². The third-order valence-electron chi connectivity index (χ3n) is 10.2. The summed E-state index contributed by atoms with van der Waals surface area (Å²) in [5, 5.41) is 4.42. The maximum atomic E-state index is 13.3. The van der Waals surface area contributed by atoms with Gasteiger partial charge in [0, 0.05) is 41.4 Å². The molecule has 224 valence electrons. The Morgan fingerprint density at radius 1 is 0.929 bits per heavy atom. The van der Waals surface area contributed by atoms with Crippen molar-refractivity contribution in [2.24, 2.45) is 11.3 Å². The number of amides is 1. The van der Waals surface area contributed by atoms with Gasteiger partial charge < -0.3 is 9.88 Å². The largest absolute Gasteiger partial charge is 0.352 e. The smallest absolute Gasteiger partial charge is 0.226 e. The van der Waals surface area contributed by atoms with Gasteiger partial charge in [-0.1, -0.05) is 100 Å². The second-order valence-electron chi connectivity index (χ2n) is 13.3. The lowest BCUT2D eigenvalue weighted by molar-refractivity contribution is -0.132. The number of carbonyl (C=O) groups excluding carboxylic acids is 2. The molecule has 0 aliphatic heterocycles. The third kappa shape index (κ3) is 6.28. The van der Waals surface area contributed by atoms with Crippen LogP contribution in [-0.2, 0) is 17.8 Å². The SMILES string of the molecule is CC1(C(=O)NCc2ccc(Cl)c(Cc3nc4cc(C(=O)CC5CCCC5)c(Cl)cc4n3C3CCCC3)c2)CCCCC1. The molecule has 1 heterocycles. The molecule has 3 saturated carbocycles. The van der Waals surface area contributed by atoms with E-state index < -0.39 is 0 Å². The van der Waals surface area contributed by atoms with Gasteiger partial charge in [0.2, 0.25) is 5.91 Å². The molecular weight excluding hydrogens is 565 g/mol. The molecule has 1 amide bonds. The van der Waals surface area contributed by atoms with E-state index in [1.165, 1.54) is 32.1 Å². The van der Waals surface area contributed by atoms with E-state index in [0.29, 0.717) is 47.0 Å². The second-order valence-corrected chi connectivity index (χ2v) is 14.2. The zero-order chi connectivity index (χ0) is 29.3. The molecule has 0 radical (unpaired) electrons. The molecule has 0 saturated heterocycles. The van der Waals surface area contributed by atoms with Crippen molar-refractivity contribution in [2.45, 2.75) is 116 Å². The highest BCUT2D eigenvalue weighted by Crippen LogP contribution is 2.38. The number of imidazole rings is 1. The van der Waals surface area contributed by atoms with Gasteiger partial charge in [-0.15, -0.1) is 0 Å². The van der Waals surface area contributed by atoms with E-state index in [4.69, 9.17) is 28.2 Å². The van der Waals surface area contributed by atoms with Crippen LogP contribution in [-0.4, -0.2) is 21.2 Å². The van der Waals surface area contributed by atoms with Crippen LogP contribution in [0.5, 0.6) is 0 Å². The Morgan fingerprint density at radius 3 is 2.38 bits per heavy atom. The van der Waals surface area contributed by atoms with Crippen molar-refractivity contribution < 1.29 is 9.59 Å². The minimum atomic E-state index is -0.266. The van der Waals surface area contributed by atoms with Gasteiger partial charge >= 0.3 is 0 Å². The molecule has 0 spiro atoms. The van der Waals surface area contributed by atoms with Crippen LogP contribution in [0, 0.1) is 11.3 Å². The molecule has 5 nitrogen and oxygen atoms in total. The number of fused-ring (bicyclic) bond motifs is 1. The van der Waals surface area contributed by atoms with Gasteiger partial charge in [0.1, 0.15) is 5.82 Å². The first-order valence-electron chi connectivity index (χ1n) is 16.1. The number of carbonyl (C=O) groups is 2. The number of Topliss-reactive ketones (excluding diaryl/α,β-unsaturated/α-hetero) is 1. The molecular formula is C35H43Cl2N3O2. The highest BCUT2D eigenvalue weighted by molar-refractivity contribution is 6.34. The quantitative estimate of drug-likeness (QED) is 0.246. The number of hydrogen-bond donors (Lipinski definition) is 1. The first kappa shape index (κ1) is 29.7. The number of hydrogen-bond acceptors (Lipinski definition) is 3. The Labute approximate surface area is 259 Å². The molecule has 0 bridgehead atoms. The van der Waals surface area contributed by atoms with Crippen molar-refractivity contribution >= 4 is 45.9 Å². The van der Waals surface area contributed by atoms with Crippen molar-refractivity contribution in [3.05, 3.63) is 62.9 Å². The number of ketones is 1. The summed E-state index contributed by atoms with van der Waals surface area (Å²) in [7, 11) is 0. The van der Waals surface area contributed by atoms with E-state index in [0.717, 1.165) is 79.4 Å². The highest BCUT2D eigenvalue weighted by Gasteiger charge is 2.34. The molecule has 2 aromatic carbocycles. The molecule has 0 atom stereocenters. The molecule has 7 heteroatoms. The molecule has 3 fully saturated rings. The third-order valence-corrected chi connectivity index (χ3v) is 10.9. The lowest BCUT2D eigenvalue weighted by atomic mass is 9.75. The topological polar surface area (TPSA) is 64.0 Å². The number of rotatable bonds is 9. The maximum Gasteiger partial charge on any atom is 0.226 e. The van der Waals surface area contributed by atoms with E-state index in [1.807, 2.05) is 24.3 Å². The van der Waals surface area contributed by atoms with Gasteiger partial charge in [-0.2, -0.15) is 0 Å². The van der Waals surface area contributed by atoms with Crippen molar-refractivity contribution in [1.82, 2.24) is 14.9 Å². The fourth-order valence-corrected chi connectivity index (χ4v) is 8.11. The zero-order valence-corrected chi connectivity index (χ0v) is 26.3. The van der Waals surface area contributed by atoms with E-state index in [1.54, 1.807) is 0 Å². The van der Waals surface area contributed by atoms with Crippen LogP contribution >= 0.6 is 23.2 Å². The molecule has 42 heavy (non-hydrogen) atoms. The molecule has 1 N–H and O–H groups in total. The Balaban J connectivity index is 1.26. The average Bonchev–Trinajstić information content (AvgIpc) is 3.75. The van der Waals surface area contributed by atoms with Gasteiger partial charge in [-0.05, 0) is 60.9 Å². The van der Waals surface area contributed by atoms with Crippen molar-refractivity contribution in [3.63, 3.8) is 0 Å². The van der Waals surface area contributed by atoms with Gasteiger partial charge in [0.25, 0.3) is 0 Å². The number of aromatic nitrogens is 2. The summed E-state index contributed by atoms with van der Waals surface area (Å²) in [4.78, 5) is 31.4. The van der Waals surface area contributed by atoms with Gasteiger partial charge in [0.15, 0.2) is 5.78 Å². The standard InChI is InChI=1S/C35H43Cl2N3O2/c1-35(15-7-2-8-16-35)34(42)38-22-24-13-14-28(36)25(17-24)19-33-39-30-20-27(32(41)18-23-9-3-4-10-23)29(37)21-31(30)40(33)26-11-5-6-12-26/h13-14,17,20-21,23,26H,2-12,15-16,18-19,22H2,1H3,(H,38,42). The zero-order valence-electron chi connectivity index (χ0n) is 24.8. The lowest BCUT2D eigenvalue weighted by Gasteiger charge is -2.32. The molecule has 0 unspecified atom stereocenters. The molecule has 3 aromatic rings. The van der Waals surface area contributed by atoms with Crippen LogP contribution in [0.1, 0.15) is 130 Å². The first-order valence-corrected chi connectivity index (χ1v) is 16.9. The van der Waals surface area contributed by atoms with E-state index in [-0.39, 0.29) is 17.1 Å². The summed E-state index contributed by atoms with van der Waals surface area (Å²) >= 11 is 13.5. The van der Waals surface area contributed by atoms with Crippen LogP contribution in [0.3, 0.4) is 0 Å². The molecule has 3 aliphatic carbocycles. The summed E-state index contributed by atoms with van der Waals surface area (Å²) < 4.78 is 2.36. The summed E-state index contributed by atoms with van der Waals surface area (Å²) in [6, 6.07) is 10.3. The predicted octanol–water partition coefficient (Wildman–Crippen LogP) is 9.40. The summed E-state index contributed by atoms with van der Waals surface area (Å²) in [6.07, 6.45) is 15.8. The number of nitrogens with zero attached hydrogens (tertiary/aromatic N) is 2. The van der Waals surface area contributed by atoms with E-state index >= 15 is 0 Å². The van der Waals surface area contributed by atoms with E-state index in [2.05, 4.69) is 22.9 Å². The predicted molar refractivity (Wildman–Crippen MR) is 170 cm³/mol. The average molecular weight is 609 g/mol. The normalized spacial score (nSPS) is 19.5. The van der Waals surface area contributed by atoms with E-state index in [9.17, 15) is 9.59 Å². The van der Waals surface area contributed by atoms with Crippen molar-refractivity contribution in [3.8, 4) is 0 Å². The van der Waals surface area contributed by atoms with Crippen LogP contribution < -0.4 is 5.32 Å². The van der Waals surface area contributed by atoms with Crippen LogP contribution in [0.2, 0.25) is 10.0 Å². The van der Waals surface area contributed by atoms with Crippen molar-refractivity contribution in [2.75, 3.05) is 0 Å². The monoisotopic (exact) mass is 607 g/mol. The summed E-state index contributed by atoms with van der Waals surface area (Å²) in [6.45, 7) is 2.59. The first-order chi connectivity index (χ1) is 20.3. The lowest BCUT2D eigenvalue weighted by Crippen LogP contribution is -2.39.